The summed E-state index contributed by atoms with van der Waals surface area (Å²) in [6.07, 6.45) is 4.68. The number of Topliss-reactive ketones (excluding diaryl/α,β-unsaturated/α-hetero) is 1. The Hall–Kier alpha value is -0.670. The van der Waals surface area contributed by atoms with Gasteiger partial charge in [0.2, 0.25) is 0 Å². The van der Waals surface area contributed by atoms with Crippen LogP contribution >= 0.6 is 11.3 Å². The summed E-state index contributed by atoms with van der Waals surface area (Å²) in [5.41, 5.74) is 0. The lowest BCUT2D eigenvalue weighted by atomic mass is 9.81. The van der Waals surface area contributed by atoms with Crippen molar-refractivity contribution in [3.8, 4) is 0 Å². The van der Waals surface area contributed by atoms with Crippen LogP contribution in [0.25, 0.3) is 0 Å². The number of piperidine rings is 3. The van der Waals surface area contributed by atoms with Crippen molar-refractivity contribution < 1.29 is 4.79 Å². The highest BCUT2D eigenvalue weighted by Gasteiger charge is 2.34. The third-order valence-corrected chi connectivity index (χ3v) is 4.90. The molecule has 0 saturated carbocycles. The van der Waals surface area contributed by atoms with E-state index in [1.807, 2.05) is 17.5 Å². The van der Waals surface area contributed by atoms with Crippen molar-refractivity contribution in [1.82, 2.24) is 4.90 Å². The van der Waals surface area contributed by atoms with E-state index >= 15 is 0 Å². The smallest absolute Gasteiger partial charge is 0.174 e. The summed E-state index contributed by atoms with van der Waals surface area (Å²) < 4.78 is 0. The quantitative estimate of drug-likeness (QED) is 0.751. The second-order valence-corrected chi connectivity index (χ2v) is 5.92. The highest BCUT2D eigenvalue weighted by Crippen LogP contribution is 2.33. The van der Waals surface area contributed by atoms with Gasteiger partial charge in [-0.15, -0.1) is 11.3 Å². The predicted molar refractivity (Wildman–Crippen MR) is 66.0 cm³/mol. The summed E-state index contributed by atoms with van der Waals surface area (Å²) in [7, 11) is 0. The van der Waals surface area contributed by atoms with Gasteiger partial charge >= 0.3 is 0 Å². The van der Waals surface area contributed by atoms with Crippen molar-refractivity contribution >= 4 is 17.1 Å². The fraction of sp³-hybridized carbons (Fsp3) is 0.615. The zero-order valence-electron chi connectivity index (χ0n) is 9.39. The van der Waals surface area contributed by atoms with Gasteiger partial charge in [-0.3, -0.25) is 9.69 Å². The van der Waals surface area contributed by atoms with Crippen molar-refractivity contribution in [1.29, 1.82) is 0 Å². The van der Waals surface area contributed by atoms with Gasteiger partial charge in [-0.1, -0.05) is 6.07 Å². The zero-order valence-corrected chi connectivity index (χ0v) is 10.2. The Kier molecular flexibility index (Phi) is 2.82. The SMILES string of the molecule is O=C(CC1CC2CCN1CC2)c1cccs1. The second kappa shape index (κ2) is 4.30. The lowest BCUT2D eigenvalue weighted by Gasteiger charge is -2.45. The molecule has 3 fully saturated rings. The fourth-order valence-corrected chi connectivity index (χ4v) is 3.73. The van der Waals surface area contributed by atoms with Gasteiger partial charge in [0, 0.05) is 12.5 Å². The summed E-state index contributed by atoms with van der Waals surface area (Å²) in [5, 5.41) is 1.99. The van der Waals surface area contributed by atoms with Gasteiger partial charge in [-0.05, 0) is 49.7 Å². The van der Waals surface area contributed by atoms with E-state index in [0.717, 1.165) is 17.2 Å². The molecule has 86 valence electrons. The first-order valence-corrected chi connectivity index (χ1v) is 7.01. The Morgan fingerprint density at radius 1 is 1.44 bits per heavy atom. The van der Waals surface area contributed by atoms with E-state index in [9.17, 15) is 4.79 Å². The summed E-state index contributed by atoms with van der Waals surface area (Å²) >= 11 is 1.57. The minimum Gasteiger partial charge on any atom is -0.300 e. The average Bonchev–Trinajstić information content (AvgIpc) is 2.84. The van der Waals surface area contributed by atoms with Crippen LogP contribution < -0.4 is 0 Å². The van der Waals surface area contributed by atoms with Crippen LogP contribution in [0.1, 0.15) is 35.4 Å². The molecule has 2 bridgehead atoms. The normalized spacial score (nSPS) is 32.9. The number of hydrogen-bond donors (Lipinski definition) is 0. The third-order valence-electron chi connectivity index (χ3n) is 3.99. The van der Waals surface area contributed by atoms with Crippen LogP contribution in [-0.4, -0.2) is 29.8 Å². The average molecular weight is 235 g/mol. The predicted octanol–water partition coefficient (Wildman–Crippen LogP) is 2.81. The van der Waals surface area contributed by atoms with Crippen LogP contribution in [0.5, 0.6) is 0 Å². The Morgan fingerprint density at radius 3 is 2.81 bits per heavy atom. The van der Waals surface area contributed by atoms with Crippen LogP contribution in [0.2, 0.25) is 0 Å². The van der Waals surface area contributed by atoms with E-state index in [-0.39, 0.29) is 0 Å². The van der Waals surface area contributed by atoms with Crippen molar-refractivity contribution in [3.63, 3.8) is 0 Å². The first-order chi connectivity index (χ1) is 7.83. The van der Waals surface area contributed by atoms with Gasteiger partial charge in [-0.25, -0.2) is 0 Å². The molecule has 1 unspecified atom stereocenters. The van der Waals surface area contributed by atoms with Crippen LogP contribution in [0, 0.1) is 5.92 Å². The van der Waals surface area contributed by atoms with Crippen molar-refractivity contribution in [2.45, 2.75) is 31.7 Å². The Bertz CT molecular complexity index is 365. The molecule has 1 aromatic rings. The molecule has 4 rings (SSSR count). The van der Waals surface area contributed by atoms with Gasteiger partial charge < -0.3 is 0 Å². The summed E-state index contributed by atoms with van der Waals surface area (Å²) in [5.74, 6) is 1.23. The standard InChI is InChI=1S/C13H17NOS/c15-12(13-2-1-7-16-13)9-11-8-10-3-5-14(11)6-4-10/h1-2,7,10-11H,3-6,8-9H2. The molecule has 0 aromatic carbocycles. The first-order valence-electron chi connectivity index (χ1n) is 6.13. The molecular weight excluding hydrogens is 218 g/mol. The van der Waals surface area contributed by atoms with Crippen molar-refractivity contribution in [2.24, 2.45) is 5.92 Å². The summed E-state index contributed by atoms with van der Waals surface area (Å²) in [6, 6.07) is 4.44. The van der Waals surface area contributed by atoms with E-state index in [4.69, 9.17) is 0 Å². The molecule has 16 heavy (non-hydrogen) atoms. The molecule has 0 spiro atoms. The Balaban J connectivity index is 1.65. The molecule has 3 aliphatic rings. The zero-order chi connectivity index (χ0) is 11.0. The number of rotatable bonds is 3. The first kappa shape index (κ1) is 10.5. The lowest BCUT2D eigenvalue weighted by molar-refractivity contribution is 0.0429. The molecule has 3 aliphatic heterocycles. The van der Waals surface area contributed by atoms with Gasteiger partial charge in [0.05, 0.1) is 4.88 Å². The van der Waals surface area contributed by atoms with E-state index < -0.39 is 0 Å². The van der Waals surface area contributed by atoms with E-state index in [1.54, 1.807) is 11.3 Å². The van der Waals surface area contributed by atoms with Crippen LogP contribution in [0.3, 0.4) is 0 Å². The van der Waals surface area contributed by atoms with E-state index in [2.05, 4.69) is 4.90 Å². The van der Waals surface area contributed by atoms with Gasteiger partial charge in [0.15, 0.2) is 5.78 Å². The molecule has 0 amide bonds. The molecular formula is C13H17NOS. The molecule has 4 heterocycles. The maximum absolute atomic E-state index is 12.0. The van der Waals surface area contributed by atoms with Crippen LogP contribution in [-0.2, 0) is 0 Å². The Labute approximate surface area is 100 Å². The minimum absolute atomic E-state index is 0.340. The monoisotopic (exact) mass is 235 g/mol. The number of nitrogens with zero attached hydrogens (tertiary/aromatic N) is 1. The Morgan fingerprint density at radius 2 is 2.25 bits per heavy atom. The van der Waals surface area contributed by atoms with Gasteiger partial charge in [0.25, 0.3) is 0 Å². The molecule has 0 N–H and O–H groups in total. The van der Waals surface area contributed by atoms with Crippen molar-refractivity contribution in [2.75, 3.05) is 13.1 Å². The number of carbonyl (C=O) groups is 1. The number of hydrogen-bond acceptors (Lipinski definition) is 3. The number of thiophene rings is 1. The number of ketones is 1. The maximum atomic E-state index is 12.0. The largest absolute Gasteiger partial charge is 0.300 e. The second-order valence-electron chi connectivity index (χ2n) is 4.97. The van der Waals surface area contributed by atoms with Crippen LogP contribution in [0.15, 0.2) is 17.5 Å². The number of fused-ring (bicyclic) bond motifs is 3. The van der Waals surface area contributed by atoms with Gasteiger partial charge in [0.1, 0.15) is 0 Å². The van der Waals surface area contributed by atoms with E-state index in [0.29, 0.717) is 11.8 Å². The molecule has 0 radical (unpaired) electrons. The minimum atomic E-state index is 0.340. The third kappa shape index (κ3) is 1.94. The number of carbonyl (C=O) groups excluding carboxylic acids is 1. The topological polar surface area (TPSA) is 20.3 Å². The molecule has 0 aliphatic carbocycles. The summed E-state index contributed by atoms with van der Waals surface area (Å²) in [6.45, 7) is 2.43. The molecule has 2 nitrogen and oxygen atoms in total. The fourth-order valence-electron chi connectivity index (χ4n) is 3.05. The van der Waals surface area contributed by atoms with E-state index in [1.165, 1.54) is 32.4 Å². The van der Waals surface area contributed by atoms with Crippen LogP contribution in [0.4, 0.5) is 0 Å². The summed E-state index contributed by atoms with van der Waals surface area (Å²) in [4.78, 5) is 15.5. The molecule has 3 saturated heterocycles. The highest BCUT2D eigenvalue weighted by atomic mass is 32.1. The molecule has 3 heteroatoms. The van der Waals surface area contributed by atoms with Crippen molar-refractivity contribution in [3.05, 3.63) is 22.4 Å². The molecule has 1 atom stereocenters. The highest BCUT2D eigenvalue weighted by molar-refractivity contribution is 7.12. The van der Waals surface area contributed by atoms with Gasteiger partial charge in [-0.2, -0.15) is 0 Å². The molecule has 1 aromatic heterocycles. The maximum Gasteiger partial charge on any atom is 0.174 e. The lowest BCUT2D eigenvalue weighted by Crippen LogP contribution is -2.49.